The minimum atomic E-state index is -0.0386. The van der Waals surface area contributed by atoms with Crippen molar-refractivity contribution in [3.05, 3.63) is 58.9 Å². The summed E-state index contributed by atoms with van der Waals surface area (Å²) >= 11 is 5.87. The monoisotopic (exact) mass is 303 g/mol. The second kappa shape index (κ2) is 7.09. The molecule has 2 aromatic rings. The van der Waals surface area contributed by atoms with Gasteiger partial charge in [0, 0.05) is 31.4 Å². The summed E-state index contributed by atoms with van der Waals surface area (Å²) in [6.45, 7) is 3.26. The van der Waals surface area contributed by atoms with E-state index in [9.17, 15) is 4.79 Å². The van der Waals surface area contributed by atoms with E-state index in [1.807, 2.05) is 31.2 Å². The smallest absolute Gasteiger partial charge is 0.256 e. The summed E-state index contributed by atoms with van der Waals surface area (Å²) in [6.07, 6.45) is 3.30. The molecule has 0 aliphatic heterocycles. The van der Waals surface area contributed by atoms with Crippen molar-refractivity contribution in [2.45, 2.75) is 13.5 Å². The number of hydrogen-bond acceptors (Lipinski definition) is 3. The zero-order chi connectivity index (χ0) is 15.2. The molecule has 1 aromatic heterocycles. The predicted octanol–water partition coefficient (Wildman–Crippen LogP) is 3.44. The molecule has 0 aliphatic carbocycles. The van der Waals surface area contributed by atoms with Crippen LogP contribution in [0.5, 0.6) is 0 Å². The number of nitrogens with one attached hydrogen (secondary N) is 1. The van der Waals surface area contributed by atoms with Crippen molar-refractivity contribution in [2.24, 2.45) is 0 Å². The number of anilines is 1. The first kappa shape index (κ1) is 15.3. The first-order valence-corrected chi connectivity index (χ1v) is 7.17. The van der Waals surface area contributed by atoms with E-state index in [2.05, 4.69) is 10.3 Å². The highest BCUT2D eigenvalue weighted by Gasteiger charge is 2.15. The molecular weight excluding hydrogens is 286 g/mol. The minimum absolute atomic E-state index is 0.0386. The zero-order valence-electron chi connectivity index (χ0n) is 12.1. The highest BCUT2D eigenvalue weighted by atomic mass is 35.5. The van der Waals surface area contributed by atoms with E-state index in [0.29, 0.717) is 17.1 Å². The van der Waals surface area contributed by atoms with Gasteiger partial charge in [0.1, 0.15) is 0 Å². The summed E-state index contributed by atoms with van der Waals surface area (Å²) in [4.78, 5) is 18.3. The van der Waals surface area contributed by atoms with Crippen LogP contribution in [-0.2, 0) is 6.54 Å². The molecule has 1 N–H and O–H groups in total. The minimum Gasteiger partial charge on any atom is -0.383 e. The number of aromatic nitrogens is 1. The second-order valence-electron chi connectivity index (χ2n) is 4.74. The van der Waals surface area contributed by atoms with Crippen molar-refractivity contribution in [3.63, 3.8) is 0 Å². The van der Waals surface area contributed by atoms with E-state index in [1.165, 1.54) is 0 Å². The number of hydrogen-bond donors (Lipinski definition) is 1. The average Bonchev–Trinajstić information content (AvgIpc) is 2.50. The van der Waals surface area contributed by atoms with Crippen LogP contribution in [0.2, 0.25) is 5.02 Å². The van der Waals surface area contributed by atoms with Crippen LogP contribution in [0.15, 0.2) is 42.7 Å². The van der Waals surface area contributed by atoms with E-state index in [-0.39, 0.29) is 5.91 Å². The first-order valence-electron chi connectivity index (χ1n) is 6.79. The van der Waals surface area contributed by atoms with E-state index in [4.69, 9.17) is 11.6 Å². The van der Waals surface area contributed by atoms with Crippen LogP contribution in [0.4, 0.5) is 5.69 Å². The lowest BCUT2D eigenvalue weighted by Gasteiger charge is -2.19. The van der Waals surface area contributed by atoms with Gasteiger partial charge in [-0.25, -0.2) is 0 Å². The molecule has 21 heavy (non-hydrogen) atoms. The Labute approximate surface area is 129 Å². The fraction of sp³-hybridized carbons (Fsp3) is 0.250. The largest absolute Gasteiger partial charge is 0.383 e. The molecule has 1 aromatic carbocycles. The molecule has 0 spiro atoms. The van der Waals surface area contributed by atoms with E-state index >= 15 is 0 Å². The highest BCUT2D eigenvalue weighted by molar-refractivity contribution is 6.30. The molecular formula is C16H18ClN3O. The molecule has 0 fully saturated rings. The van der Waals surface area contributed by atoms with Crippen molar-refractivity contribution in [2.75, 3.05) is 18.9 Å². The number of halogens is 1. The summed E-state index contributed by atoms with van der Waals surface area (Å²) in [5.41, 5.74) is 2.42. The lowest BCUT2D eigenvalue weighted by Crippen LogP contribution is -2.27. The number of amides is 1. The second-order valence-corrected chi connectivity index (χ2v) is 5.18. The van der Waals surface area contributed by atoms with Crippen molar-refractivity contribution in [1.82, 2.24) is 9.88 Å². The highest BCUT2D eigenvalue weighted by Crippen LogP contribution is 2.17. The zero-order valence-corrected chi connectivity index (χ0v) is 12.9. The Balaban J connectivity index is 2.13. The molecule has 0 atom stereocenters. The Kier molecular flexibility index (Phi) is 5.17. The lowest BCUT2D eigenvalue weighted by atomic mass is 10.1. The molecule has 4 nitrogen and oxygen atoms in total. The quantitative estimate of drug-likeness (QED) is 0.920. The maximum atomic E-state index is 12.5. The molecule has 0 saturated carbocycles. The van der Waals surface area contributed by atoms with E-state index in [1.54, 1.807) is 30.4 Å². The number of rotatable bonds is 5. The number of nitrogens with zero attached hydrogens (tertiary/aromatic N) is 2. The Morgan fingerprint density at radius 3 is 2.67 bits per heavy atom. The van der Waals surface area contributed by atoms with E-state index in [0.717, 1.165) is 17.8 Å². The summed E-state index contributed by atoms with van der Waals surface area (Å²) in [5, 5.41) is 3.85. The maximum absolute atomic E-state index is 12.5. The Morgan fingerprint density at radius 2 is 2.00 bits per heavy atom. The van der Waals surface area contributed by atoms with Crippen LogP contribution >= 0.6 is 11.6 Å². The van der Waals surface area contributed by atoms with Crippen LogP contribution in [-0.4, -0.2) is 29.4 Å². The number of carbonyl (C=O) groups is 1. The molecule has 1 heterocycles. The van der Waals surface area contributed by atoms with Gasteiger partial charge in [-0.3, -0.25) is 9.78 Å². The van der Waals surface area contributed by atoms with Crippen molar-refractivity contribution >= 4 is 23.2 Å². The van der Waals surface area contributed by atoms with Gasteiger partial charge in [0.15, 0.2) is 0 Å². The third-order valence-corrected chi connectivity index (χ3v) is 3.35. The third-order valence-electron chi connectivity index (χ3n) is 3.10. The number of benzene rings is 1. The van der Waals surface area contributed by atoms with Crippen LogP contribution in [0.3, 0.4) is 0 Å². The summed E-state index contributed by atoms with van der Waals surface area (Å²) in [6, 6.07) is 9.23. The van der Waals surface area contributed by atoms with Gasteiger partial charge in [0.2, 0.25) is 0 Å². The fourth-order valence-corrected chi connectivity index (χ4v) is 2.18. The Hall–Kier alpha value is -2.07. The van der Waals surface area contributed by atoms with Gasteiger partial charge in [0.05, 0.1) is 17.4 Å². The van der Waals surface area contributed by atoms with Crippen LogP contribution in [0, 0.1) is 0 Å². The van der Waals surface area contributed by atoms with Crippen LogP contribution < -0.4 is 5.32 Å². The van der Waals surface area contributed by atoms with Gasteiger partial charge in [0.25, 0.3) is 5.91 Å². The van der Waals surface area contributed by atoms with Gasteiger partial charge in [-0.2, -0.15) is 0 Å². The molecule has 5 heteroatoms. The van der Waals surface area contributed by atoms with Crippen LogP contribution in [0.25, 0.3) is 0 Å². The molecule has 1 amide bonds. The Morgan fingerprint density at radius 1 is 1.29 bits per heavy atom. The molecule has 0 unspecified atom stereocenters. The third kappa shape index (κ3) is 3.95. The van der Waals surface area contributed by atoms with E-state index < -0.39 is 0 Å². The molecule has 0 bridgehead atoms. The number of pyridine rings is 1. The molecule has 0 aliphatic rings. The standard InChI is InChI=1S/C16H18ClN3O/c1-3-19-15-10-18-9-8-14(15)16(21)20(2)11-12-4-6-13(17)7-5-12/h4-10,19H,3,11H2,1-2H3. The first-order chi connectivity index (χ1) is 10.1. The van der Waals surface area contributed by atoms with Gasteiger partial charge in [-0.1, -0.05) is 23.7 Å². The molecule has 0 saturated heterocycles. The van der Waals surface area contributed by atoms with Gasteiger partial charge < -0.3 is 10.2 Å². The number of carbonyl (C=O) groups excluding carboxylic acids is 1. The van der Waals surface area contributed by atoms with Crippen molar-refractivity contribution in [3.8, 4) is 0 Å². The van der Waals surface area contributed by atoms with Crippen LogP contribution in [0.1, 0.15) is 22.8 Å². The molecule has 110 valence electrons. The SMILES string of the molecule is CCNc1cnccc1C(=O)N(C)Cc1ccc(Cl)cc1. The van der Waals surface area contributed by atoms with Gasteiger partial charge in [-0.05, 0) is 30.7 Å². The predicted molar refractivity (Wildman–Crippen MR) is 85.7 cm³/mol. The summed E-state index contributed by atoms with van der Waals surface area (Å²) in [5.74, 6) is -0.0386. The topological polar surface area (TPSA) is 45.2 Å². The molecule has 0 radical (unpaired) electrons. The Bertz CT molecular complexity index is 613. The normalized spacial score (nSPS) is 10.2. The maximum Gasteiger partial charge on any atom is 0.256 e. The summed E-state index contributed by atoms with van der Waals surface area (Å²) in [7, 11) is 1.78. The van der Waals surface area contributed by atoms with Gasteiger partial charge >= 0.3 is 0 Å². The van der Waals surface area contributed by atoms with Crippen molar-refractivity contribution in [1.29, 1.82) is 0 Å². The fourth-order valence-electron chi connectivity index (χ4n) is 2.05. The average molecular weight is 304 g/mol. The summed E-state index contributed by atoms with van der Waals surface area (Å²) < 4.78 is 0. The molecule has 2 rings (SSSR count). The van der Waals surface area contributed by atoms with Crippen molar-refractivity contribution < 1.29 is 4.79 Å². The van der Waals surface area contributed by atoms with Gasteiger partial charge in [-0.15, -0.1) is 0 Å². The lowest BCUT2D eigenvalue weighted by molar-refractivity contribution is 0.0786.